The summed E-state index contributed by atoms with van der Waals surface area (Å²) in [5.74, 6) is 0.781. The quantitative estimate of drug-likeness (QED) is 0.820. The summed E-state index contributed by atoms with van der Waals surface area (Å²) in [6, 6.07) is 11.9. The molecule has 2 aromatic rings. The van der Waals surface area contributed by atoms with Crippen LogP contribution in [0.3, 0.4) is 0 Å². The molecule has 0 bridgehead atoms. The van der Waals surface area contributed by atoms with E-state index in [0.29, 0.717) is 0 Å². The van der Waals surface area contributed by atoms with Gasteiger partial charge in [-0.05, 0) is 13.1 Å². The fourth-order valence-electron chi connectivity index (χ4n) is 1.40. The number of hydrogen-bond acceptors (Lipinski definition) is 3. The van der Waals surface area contributed by atoms with Gasteiger partial charge in [-0.1, -0.05) is 30.3 Å². The van der Waals surface area contributed by atoms with E-state index in [4.69, 9.17) is 0 Å². The standard InChI is InChI=1S/C12H13N3/c1-13-9-11-7-8-14-12(15-11)10-5-3-2-4-6-10/h2-8,13H,9H2,1H3. The molecule has 0 aliphatic carbocycles. The average molecular weight is 199 g/mol. The van der Waals surface area contributed by atoms with Crippen LogP contribution in [0.4, 0.5) is 0 Å². The fraction of sp³-hybridized carbons (Fsp3) is 0.167. The van der Waals surface area contributed by atoms with Gasteiger partial charge in [0, 0.05) is 18.3 Å². The van der Waals surface area contributed by atoms with Crippen molar-refractivity contribution in [3.63, 3.8) is 0 Å². The van der Waals surface area contributed by atoms with Gasteiger partial charge in [0.25, 0.3) is 0 Å². The van der Waals surface area contributed by atoms with Crippen LogP contribution in [0.15, 0.2) is 42.6 Å². The fourth-order valence-corrected chi connectivity index (χ4v) is 1.40. The normalized spacial score (nSPS) is 10.2. The minimum absolute atomic E-state index is 0.766. The lowest BCUT2D eigenvalue weighted by Crippen LogP contribution is -2.07. The molecule has 0 radical (unpaired) electrons. The number of aromatic nitrogens is 2. The molecular weight excluding hydrogens is 186 g/mol. The third-order valence-corrected chi connectivity index (χ3v) is 2.10. The van der Waals surface area contributed by atoms with Crippen LogP contribution >= 0.6 is 0 Å². The maximum absolute atomic E-state index is 4.46. The van der Waals surface area contributed by atoms with Crippen LogP contribution in [0.25, 0.3) is 11.4 Å². The van der Waals surface area contributed by atoms with Gasteiger partial charge in [-0.25, -0.2) is 9.97 Å². The molecule has 1 N–H and O–H groups in total. The van der Waals surface area contributed by atoms with Gasteiger partial charge in [-0.2, -0.15) is 0 Å². The van der Waals surface area contributed by atoms with Gasteiger partial charge >= 0.3 is 0 Å². The summed E-state index contributed by atoms with van der Waals surface area (Å²) in [6.45, 7) is 0.766. The van der Waals surface area contributed by atoms with Gasteiger partial charge in [0.2, 0.25) is 0 Å². The van der Waals surface area contributed by atoms with Crippen molar-refractivity contribution in [1.82, 2.24) is 15.3 Å². The van der Waals surface area contributed by atoms with E-state index in [9.17, 15) is 0 Å². The van der Waals surface area contributed by atoms with E-state index < -0.39 is 0 Å². The molecule has 15 heavy (non-hydrogen) atoms. The number of rotatable bonds is 3. The van der Waals surface area contributed by atoms with Gasteiger partial charge in [-0.15, -0.1) is 0 Å². The van der Waals surface area contributed by atoms with Crippen LogP contribution in [0.5, 0.6) is 0 Å². The van der Waals surface area contributed by atoms with Crippen molar-refractivity contribution < 1.29 is 0 Å². The van der Waals surface area contributed by atoms with Crippen molar-refractivity contribution in [3.8, 4) is 11.4 Å². The molecule has 0 fully saturated rings. The Labute approximate surface area is 89.2 Å². The van der Waals surface area contributed by atoms with Gasteiger partial charge in [0.15, 0.2) is 5.82 Å². The Kier molecular flexibility index (Phi) is 3.05. The summed E-state index contributed by atoms with van der Waals surface area (Å²) in [5.41, 5.74) is 2.06. The number of nitrogens with one attached hydrogen (secondary N) is 1. The molecule has 1 aromatic heterocycles. The van der Waals surface area contributed by atoms with Crippen LogP contribution < -0.4 is 5.32 Å². The lowest BCUT2D eigenvalue weighted by molar-refractivity contribution is 0.788. The highest BCUT2D eigenvalue weighted by Crippen LogP contribution is 2.13. The Bertz CT molecular complexity index is 426. The molecule has 0 aliphatic heterocycles. The summed E-state index contributed by atoms with van der Waals surface area (Å²) in [5, 5.41) is 3.07. The molecule has 0 aliphatic rings. The summed E-state index contributed by atoms with van der Waals surface area (Å²) in [6.07, 6.45) is 1.79. The molecule has 2 rings (SSSR count). The monoisotopic (exact) mass is 199 g/mol. The maximum atomic E-state index is 4.46. The van der Waals surface area contributed by atoms with Gasteiger partial charge in [-0.3, -0.25) is 0 Å². The SMILES string of the molecule is CNCc1ccnc(-c2ccccc2)n1. The summed E-state index contributed by atoms with van der Waals surface area (Å²) < 4.78 is 0. The minimum atomic E-state index is 0.766. The zero-order chi connectivity index (χ0) is 10.5. The molecule has 1 heterocycles. The second-order valence-electron chi connectivity index (χ2n) is 3.27. The molecule has 0 unspecified atom stereocenters. The van der Waals surface area contributed by atoms with Gasteiger partial charge in [0.1, 0.15) is 0 Å². The molecule has 3 nitrogen and oxygen atoms in total. The van der Waals surface area contributed by atoms with Crippen molar-refractivity contribution in [2.45, 2.75) is 6.54 Å². The maximum Gasteiger partial charge on any atom is 0.159 e. The van der Waals surface area contributed by atoms with Gasteiger partial charge in [0.05, 0.1) is 5.69 Å². The number of hydrogen-bond donors (Lipinski definition) is 1. The van der Waals surface area contributed by atoms with Crippen LogP contribution in [-0.4, -0.2) is 17.0 Å². The van der Waals surface area contributed by atoms with Crippen LogP contribution in [0, 0.1) is 0 Å². The Hall–Kier alpha value is -1.74. The molecule has 0 saturated carbocycles. The highest BCUT2D eigenvalue weighted by atomic mass is 14.9. The first-order valence-electron chi connectivity index (χ1n) is 4.92. The average Bonchev–Trinajstić information content (AvgIpc) is 2.31. The summed E-state index contributed by atoms with van der Waals surface area (Å²) >= 11 is 0. The largest absolute Gasteiger partial charge is 0.314 e. The Balaban J connectivity index is 2.33. The van der Waals surface area contributed by atoms with E-state index in [2.05, 4.69) is 15.3 Å². The Morgan fingerprint density at radius 1 is 1.13 bits per heavy atom. The lowest BCUT2D eigenvalue weighted by atomic mass is 10.2. The van der Waals surface area contributed by atoms with E-state index in [1.54, 1.807) is 6.20 Å². The van der Waals surface area contributed by atoms with Crippen molar-refractivity contribution in [3.05, 3.63) is 48.3 Å². The first-order valence-corrected chi connectivity index (χ1v) is 4.92. The molecule has 76 valence electrons. The van der Waals surface area contributed by atoms with Crippen molar-refractivity contribution in [2.24, 2.45) is 0 Å². The Morgan fingerprint density at radius 2 is 1.93 bits per heavy atom. The third kappa shape index (κ3) is 2.39. The highest BCUT2D eigenvalue weighted by molar-refractivity contribution is 5.54. The van der Waals surface area contributed by atoms with Crippen LogP contribution in [0.1, 0.15) is 5.69 Å². The van der Waals surface area contributed by atoms with Crippen molar-refractivity contribution in [2.75, 3.05) is 7.05 Å². The lowest BCUT2D eigenvalue weighted by Gasteiger charge is -2.02. The Morgan fingerprint density at radius 3 is 2.67 bits per heavy atom. The minimum Gasteiger partial charge on any atom is -0.314 e. The number of benzene rings is 1. The molecule has 0 saturated heterocycles. The third-order valence-electron chi connectivity index (χ3n) is 2.10. The molecule has 0 spiro atoms. The zero-order valence-electron chi connectivity index (χ0n) is 8.64. The summed E-state index contributed by atoms with van der Waals surface area (Å²) in [7, 11) is 1.91. The van der Waals surface area contributed by atoms with Crippen LogP contribution in [0.2, 0.25) is 0 Å². The van der Waals surface area contributed by atoms with Crippen LogP contribution in [-0.2, 0) is 6.54 Å². The van der Waals surface area contributed by atoms with Gasteiger partial charge < -0.3 is 5.32 Å². The van der Waals surface area contributed by atoms with E-state index in [0.717, 1.165) is 23.6 Å². The van der Waals surface area contributed by atoms with Crippen molar-refractivity contribution in [1.29, 1.82) is 0 Å². The van der Waals surface area contributed by atoms with E-state index >= 15 is 0 Å². The molecular formula is C12H13N3. The molecule has 0 amide bonds. The van der Waals surface area contributed by atoms with E-state index in [1.165, 1.54) is 0 Å². The second kappa shape index (κ2) is 4.66. The molecule has 3 heteroatoms. The van der Waals surface area contributed by atoms with E-state index in [-0.39, 0.29) is 0 Å². The van der Waals surface area contributed by atoms with Crippen molar-refractivity contribution >= 4 is 0 Å². The smallest absolute Gasteiger partial charge is 0.159 e. The zero-order valence-corrected chi connectivity index (χ0v) is 8.64. The predicted octanol–water partition coefficient (Wildman–Crippen LogP) is 1.86. The second-order valence-corrected chi connectivity index (χ2v) is 3.27. The summed E-state index contributed by atoms with van der Waals surface area (Å²) in [4.78, 5) is 8.71. The molecule has 1 aromatic carbocycles. The number of nitrogens with zero attached hydrogens (tertiary/aromatic N) is 2. The highest BCUT2D eigenvalue weighted by Gasteiger charge is 2.00. The van der Waals surface area contributed by atoms with E-state index in [1.807, 2.05) is 43.4 Å². The topological polar surface area (TPSA) is 37.8 Å². The first-order chi connectivity index (χ1) is 7.40. The molecule has 0 atom stereocenters. The predicted molar refractivity (Wildman–Crippen MR) is 60.2 cm³/mol. The first kappa shape index (κ1) is 9.80.